The van der Waals surface area contributed by atoms with Crippen LogP contribution in [0.2, 0.25) is 0 Å². The van der Waals surface area contributed by atoms with Crippen LogP contribution in [0, 0.1) is 5.82 Å². The second-order valence-electron chi connectivity index (χ2n) is 5.68. The molecule has 3 rings (SSSR count). The van der Waals surface area contributed by atoms with Crippen LogP contribution in [-0.4, -0.2) is 31.1 Å². The maximum atomic E-state index is 13.8. The Morgan fingerprint density at radius 2 is 2.21 bits per heavy atom. The minimum Gasteiger partial charge on any atom is -0.491 e. The summed E-state index contributed by atoms with van der Waals surface area (Å²) in [4.78, 5) is 4.20. The molecule has 1 aliphatic carbocycles. The van der Waals surface area contributed by atoms with Crippen molar-refractivity contribution in [2.24, 2.45) is 0 Å². The van der Waals surface area contributed by atoms with Gasteiger partial charge in [0, 0.05) is 31.4 Å². The second-order valence-corrected chi connectivity index (χ2v) is 7.44. The van der Waals surface area contributed by atoms with Gasteiger partial charge in [0.2, 0.25) is 10.0 Å². The molecule has 0 saturated heterocycles. The highest BCUT2D eigenvalue weighted by molar-refractivity contribution is 7.89. The topological polar surface area (TPSA) is 73.2 Å². The predicted molar refractivity (Wildman–Crippen MR) is 87.0 cm³/mol. The first kappa shape index (κ1) is 16.9. The standard InChI is InChI=1S/C16H20FN3O3S/c1-2-23-15-6-5-13(11-14(15)17)24(21,22)19-8-10-20-9-7-18-16(20)12-3-4-12/h5-7,9,11-12,19H,2-4,8,10H2,1H3. The molecule has 0 atom stereocenters. The van der Waals surface area contributed by atoms with E-state index in [-0.39, 0.29) is 17.2 Å². The molecule has 6 nitrogen and oxygen atoms in total. The van der Waals surface area contributed by atoms with Crippen LogP contribution in [0.5, 0.6) is 5.75 Å². The summed E-state index contributed by atoms with van der Waals surface area (Å²) in [5.41, 5.74) is 0. The molecule has 1 fully saturated rings. The van der Waals surface area contributed by atoms with Crippen molar-refractivity contribution >= 4 is 10.0 Å². The van der Waals surface area contributed by atoms with Gasteiger partial charge in [-0.05, 0) is 38.0 Å². The van der Waals surface area contributed by atoms with Crippen LogP contribution in [0.4, 0.5) is 4.39 Å². The van der Waals surface area contributed by atoms with Crippen LogP contribution in [0.1, 0.15) is 31.5 Å². The third kappa shape index (κ3) is 3.76. The Labute approximate surface area is 140 Å². The van der Waals surface area contributed by atoms with Crippen LogP contribution < -0.4 is 9.46 Å². The molecule has 8 heteroatoms. The van der Waals surface area contributed by atoms with E-state index >= 15 is 0 Å². The minimum absolute atomic E-state index is 0.0453. The Bertz CT molecular complexity index is 816. The van der Waals surface area contributed by atoms with E-state index in [9.17, 15) is 12.8 Å². The van der Waals surface area contributed by atoms with E-state index in [0.29, 0.717) is 19.1 Å². The smallest absolute Gasteiger partial charge is 0.240 e. The van der Waals surface area contributed by atoms with Gasteiger partial charge in [0.25, 0.3) is 0 Å². The van der Waals surface area contributed by atoms with Crippen LogP contribution in [0.3, 0.4) is 0 Å². The Balaban J connectivity index is 1.63. The van der Waals surface area contributed by atoms with Gasteiger partial charge in [0.1, 0.15) is 5.82 Å². The van der Waals surface area contributed by atoms with Crippen LogP contribution in [0.25, 0.3) is 0 Å². The van der Waals surface area contributed by atoms with Crippen molar-refractivity contribution in [1.29, 1.82) is 0 Å². The lowest BCUT2D eigenvalue weighted by Crippen LogP contribution is -2.27. The number of benzene rings is 1. The molecule has 130 valence electrons. The lowest BCUT2D eigenvalue weighted by atomic mass is 10.3. The number of aromatic nitrogens is 2. The van der Waals surface area contributed by atoms with E-state index in [2.05, 4.69) is 9.71 Å². The van der Waals surface area contributed by atoms with E-state index in [1.807, 2.05) is 10.8 Å². The molecule has 1 saturated carbocycles. The highest BCUT2D eigenvalue weighted by Crippen LogP contribution is 2.38. The Morgan fingerprint density at radius 1 is 1.42 bits per heavy atom. The molecular weight excluding hydrogens is 333 g/mol. The molecule has 1 aromatic heterocycles. The highest BCUT2D eigenvalue weighted by Gasteiger charge is 2.27. The van der Waals surface area contributed by atoms with Gasteiger partial charge in [-0.25, -0.2) is 22.5 Å². The molecule has 2 aromatic rings. The minimum atomic E-state index is -3.76. The van der Waals surface area contributed by atoms with Gasteiger partial charge in [-0.15, -0.1) is 0 Å². The molecule has 0 unspecified atom stereocenters. The normalized spacial score (nSPS) is 14.8. The molecule has 1 N–H and O–H groups in total. The summed E-state index contributed by atoms with van der Waals surface area (Å²) in [6.07, 6.45) is 5.84. The predicted octanol–water partition coefficient (Wildman–Crippen LogP) is 2.28. The quantitative estimate of drug-likeness (QED) is 0.790. The maximum Gasteiger partial charge on any atom is 0.240 e. The number of hydrogen-bond donors (Lipinski definition) is 1. The zero-order valence-electron chi connectivity index (χ0n) is 13.4. The van der Waals surface area contributed by atoms with Crippen molar-refractivity contribution in [1.82, 2.24) is 14.3 Å². The molecule has 1 aromatic carbocycles. The lowest BCUT2D eigenvalue weighted by molar-refractivity contribution is 0.321. The number of nitrogens with zero attached hydrogens (tertiary/aromatic N) is 2. The number of imidazole rings is 1. The summed E-state index contributed by atoms with van der Waals surface area (Å²) in [6, 6.07) is 3.64. The summed E-state index contributed by atoms with van der Waals surface area (Å²) in [6.45, 7) is 2.75. The molecule has 0 spiro atoms. The highest BCUT2D eigenvalue weighted by atomic mass is 32.2. The molecule has 0 amide bonds. The van der Waals surface area contributed by atoms with Gasteiger partial charge < -0.3 is 9.30 Å². The average molecular weight is 353 g/mol. The zero-order chi connectivity index (χ0) is 17.2. The van der Waals surface area contributed by atoms with Crippen molar-refractivity contribution in [3.63, 3.8) is 0 Å². The molecular formula is C16H20FN3O3S. The van der Waals surface area contributed by atoms with E-state index in [1.54, 1.807) is 13.1 Å². The summed E-state index contributed by atoms with van der Waals surface area (Å²) >= 11 is 0. The first-order valence-corrected chi connectivity index (χ1v) is 9.42. The lowest BCUT2D eigenvalue weighted by Gasteiger charge is -2.10. The van der Waals surface area contributed by atoms with Crippen molar-refractivity contribution in [3.05, 3.63) is 42.2 Å². The van der Waals surface area contributed by atoms with Crippen molar-refractivity contribution in [2.75, 3.05) is 13.2 Å². The maximum absolute atomic E-state index is 13.8. The fourth-order valence-electron chi connectivity index (χ4n) is 2.52. The fraction of sp³-hybridized carbons (Fsp3) is 0.438. The van der Waals surface area contributed by atoms with Gasteiger partial charge in [-0.1, -0.05) is 0 Å². The third-order valence-corrected chi connectivity index (χ3v) is 5.31. The van der Waals surface area contributed by atoms with Crippen molar-refractivity contribution in [2.45, 2.75) is 37.1 Å². The molecule has 1 aliphatic rings. The monoisotopic (exact) mass is 353 g/mol. The van der Waals surface area contributed by atoms with Gasteiger partial charge in [-0.3, -0.25) is 0 Å². The fourth-order valence-corrected chi connectivity index (χ4v) is 3.55. The van der Waals surface area contributed by atoms with Crippen LogP contribution >= 0.6 is 0 Å². The Hall–Kier alpha value is -1.93. The van der Waals surface area contributed by atoms with Crippen molar-refractivity contribution < 1.29 is 17.5 Å². The molecule has 1 heterocycles. The van der Waals surface area contributed by atoms with Gasteiger partial charge in [-0.2, -0.15) is 0 Å². The third-order valence-electron chi connectivity index (χ3n) is 3.85. The second kappa shape index (κ2) is 6.90. The van der Waals surface area contributed by atoms with Crippen LogP contribution in [0.15, 0.2) is 35.5 Å². The number of sulfonamides is 1. The van der Waals surface area contributed by atoms with E-state index in [1.165, 1.54) is 12.1 Å². The van der Waals surface area contributed by atoms with E-state index in [4.69, 9.17) is 4.74 Å². The number of rotatable bonds is 8. The number of hydrogen-bond acceptors (Lipinski definition) is 4. The summed E-state index contributed by atoms with van der Waals surface area (Å²) in [5.74, 6) is 0.854. The SMILES string of the molecule is CCOc1ccc(S(=O)(=O)NCCn2ccnc2C2CC2)cc1F. The summed E-state index contributed by atoms with van der Waals surface area (Å²) in [5, 5.41) is 0. The first-order valence-electron chi connectivity index (χ1n) is 7.94. The molecule has 24 heavy (non-hydrogen) atoms. The van der Waals surface area contributed by atoms with E-state index in [0.717, 1.165) is 24.7 Å². The van der Waals surface area contributed by atoms with Gasteiger partial charge >= 0.3 is 0 Å². The molecule has 0 radical (unpaired) electrons. The number of nitrogens with one attached hydrogen (secondary N) is 1. The molecule has 0 bridgehead atoms. The summed E-state index contributed by atoms with van der Waals surface area (Å²) < 4.78 is 47.9. The first-order chi connectivity index (χ1) is 11.5. The number of ether oxygens (including phenoxy) is 1. The molecule has 0 aliphatic heterocycles. The average Bonchev–Trinajstić information content (AvgIpc) is 3.28. The van der Waals surface area contributed by atoms with E-state index < -0.39 is 15.8 Å². The zero-order valence-corrected chi connectivity index (χ0v) is 14.2. The van der Waals surface area contributed by atoms with Gasteiger partial charge in [0.05, 0.1) is 11.5 Å². The Morgan fingerprint density at radius 3 is 2.88 bits per heavy atom. The summed E-state index contributed by atoms with van der Waals surface area (Å²) in [7, 11) is -3.76. The Kier molecular flexibility index (Phi) is 4.86. The van der Waals surface area contributed by atoms with Crippen LogP contribution in [-0.2, 0) is 16.6 Å². The largest absolute Gasteiger partial charge is 0.491 e. The van der Waals surface area contributed by atoms with Gasteiger partial charge in [0.15, 0.2) is 11.6 Å². The number of halogens is 1. The van der Waals surface area contributed by atoms with Crippen molar-refractivity contribution in [3.8, 4) is 5.75 Å².